The lowest BCUT2D eigenvalue weighted by Gasteiger charge is -2.21. The molecular formula is C13H22N2O3. The summed E-state index contributed by atoms with van der Waals surface area (Å²) < 4.78 is 4.85. The topological polar surface area (TPSA) is 49.9 Å². The molecule has 18 heavy (non-hydrogen) atoms. The van der Waals surface area contributed by atoms with E-state index in [1.165, 1.54) is 0 Å². The van der Waals surface area contributed by atoms with E-state index in [2.05, 4.69) is 6.58 Å². The van der Waals surface area contributed by atoms with Gasteiger partial charge in [0.05, 0.1) is 13.2 Å². The van der Waals surface area contributed by atoms with Crippen LogP contribution in [0.1, 0.15) is 19.8 Å². The van der Waals surface area contributed by atoms with Crippen molar-refractivity contribution in [2.75, 3.05) is 39.8 Å². The highest BCUT2D eigenvalue weighted by Gasteiger charge is 2.20. The fourth-order valence-electron chi connectivity index (χ4n) is 1.98. The molecule has 0 saturated carbocycles. The highest BCUT2D eigenvalue weighted by atomic mass is 16.5. The lowest BCUT2D eigenvalue weighted by atomic mass is 10.3. The van der Waals surface area contributed by atoms with Crippen molar-refractivity contribution >= 4 is 11.9 Å². The minimum absolute atomic E-state index is 0.117. The number of carbonyl (C=O) groups excluding carboxylic acids is 2. The van der Waals surface area contributed by atoms with E-state index in [1.54, 1.807) is 18.9 Å². The molecule has 5 heteroatoms. The molecule has 5 nitrogen and oxygen atoms in total. The summed E-state index contributed by atoms with van der Waals surface area (Å²) in [6.45, 7) is 8.16. The second-order valence-electron chi connectivity index (χ2n) is 4.58. The van der Waals surface area contributed by atoms with Gasteiger partial charge < -0.3 is 9.64 Å². The molecule has 0 radical (unpaired) electrons. The van der Waals surface area contributed by atoms with E-state index in [1.807, 2.05) is 4.90 Å². The van der Waals surface area contributed by atoms with Crippen molar-refractivity contribution in [2.45, 2.75) is 19.8 Å². The summed E-state index contributed by atoms with van der Waals surface area (Å²) >= 11 is 0. The summed E-state index contributed by atoms with van der Waals surface area (Å²) in [5.41, 5.74) is 0.383. The van der Waals surface area contributed by atoms with Crippen LogP contribution in [0, 0.1) is 0 Å². The molecule has 1 fully saturated rings. The molecule has 102 valence electrons. The molecule has 1 heterocycles. The summed E-state index contributed by atoms with van der Waals surface area (Å²) in [5, 5.41) is 0. The van der Waals surface area contributed by atoms with Gasteiger partial charge in [-0.1, -0.05) is 6.58 Å². The number of hydrogen-bond donors (Lipinski definition) is 0. The third kappa shape index (κ3) is 4.49. The number of amides is 1. The molecule has 0 aliphatic carbocycles. The van der Waals surface area contributed by atoms with Gasteiger partial charge in [-0.05, 0) is 26.8 Å². The van der Waals surface area contributed by atoms with Crippen molar-refractivity contribution in [3.63, 3.8) is 0 Å². The van der Waals surface area contributed by atoms with Crippen LogP contribution in [0.2, 0.25) is 0 Å². The van der Waals surface area contributed by atoms with E-state index >= 15 is 0 Å². The molecular weight excluding hydrogens is 232 g/mol. The Hall–Kier alpha value is -1.36. The highest BCUT2D eigenvalue weighted by Crippen LogP contribution is 2.08. The Balaban J connectivity index is 2.31. The van der Waals surface area contributed by atoms with Crippen molar-refractivity contribution in [3.8, 4) is 0 Å². The number of likely N-dealkylation sites (N-methyl/N-ethyl adjacent to an activating group) is 1. The minimum Gasteiger partial charge on any atom is -0.463 e. The zero-order chi connectivity index (χ0) is 13.5. The fraction of sp³-hybridized carbons (Fsp3) is 0.692. The van der Waals surface area contributed by atoms with Crippen LogP contribution >= 0.6 is 0 Å². The van der Waals surface area contributed by atoms with E-state index in [9.17, 15) is 9.59 Å². The second-order valence-corrected chi connectivity index (χ2v) is 4.58. The first kappa shape index (κ1) is 14.7. The van der Waals surface area contributed by atoms with Gasteiger partial charge in [0.2, 0.25) is 5.91 Å². The van der Waals surface area contributed by atoms with Crippen LogP contribution < -0.4 is 0 Å². The Kier molecular flexibility index (Phi) is 5.85. The molecule has 1 aliphatic rings. The van der Waals surface area contributed by atoms with Gasteiger partial charge in [0.15, 0.2) is 0 Å². The van der Waals surface area contributed by atoms with E-state index in [0.717, 1.165) is 25.9 Å². The standard InChI is InChI=1S/C13H22N2O3/c1-4-18-13(17)11(2)9-14(3)10-12(16)15-7-5-6-8-15/h2,4-10H2,1,3H3. The van der Waals surface area contributed by atoms with Gasteiger partial charge in [-0.3, -0.25) is 9.69 Å². The first-order valence-electron chi connectivity index (χ1n) is 6.35. The third-order valence-corrected chi connectivity index (χ3v) is 2.89. The van der Waals surface area contributed by atoms with Crippen molar-refractivity contribution in [1.82, 2.24) is 9.80 Å². The molecule has 1 aliphatic heterocycles. The van der Waals surface area contributed by atoms with Gasteiger partial charge in [-0.15, -0.1) is 0 Å². The Labute approximate surface area is 108 Å². The van der Waals surface area contributed by atoms with E-state index in [4.69, 9.17) is 4.74 Å². The molecule has 0 bridgehead atoms. The third-order valence-electron chi connectivity index (χ3n) is 2.89. The van der Waals surface area contributed by atoms with Crippen LogP contribution in [0.3, 0.4) is 0 Å². The van der Waals surface area contributed by atoms with E-state index < -0.39 is 5.97 Å². The Morgan fingerprint density at radius 2 is 1.89 bits per heavy atom. The van der Waals surface area contributed by atoms with E-state index in [0.29, 0.717) is 25.3 Å². The molecule has 0 atom stereocenters. The van der Waals surface area contributed by atoms with Crippen LogP contribution in [-0.4, -0.2) is 61.5 Å². The number of likely N-dealkylation sites (tertiary alicyclic amines) is 1. The van der Waals surface area contributed by atoms with Crippen LogP contribution in [0.5, 0.6) is 0 Å². The number of esters is 1. The zero-order valence-corrected chi connectivity index (χ0v) is 11.3. The average molecular weight is 254 g/mol. The summed E-state index contributed by atoms with van der Waals surface area (Å²) in [7, 11) is 1.80. The molecule has 0 aromatic carbocycles. The molecule has 0 N–H and O–H groups in total. The summed E-state index contributed by atoms with van der Waals surface area (Å²) in [5.74, 6) is -0.273. The zero-order valence-electron chi connectivity index (χ0n) is 11.3. The lowest BCUT2D eigenvalue weighted by molar-refractivity contribution is -0.139. The number of ether oxygens (including phenoxy) is 1. The Morgan fingerprint density at radius 3 is 2.44 bits per heavy atom. The summed E-state index contributed by atoms with van der Waals surface area (Å²) in [6, 6.07) is 0. The van der Waals surface area contributed by atoms with Gasteiger partial charge in [-0.2, -0.15) is 0 Å². The normalized spacial score (nSPS) is 14.9. The van der Waals surface area contributed by atoms with Gasteiger partial charge >= 0.3 is 5.97 Å². The minimum atomic E-state index is -0.391. The highest BCUT2D eigenvalue weighted by molar-refractivity contribution is 5.88. The number of rotatable bonds is 6. The van der Waals surface area contributed by atoms with Gasteiger partial charge in [0.1, 0.15) is 0 Å². The first-order chi connectivity index (χ1) is 8.54. The predicted molar refractivity (Wildman–Crippen MR) is 69.1 cm³/mol. The van der Waals surface area contributed by atoms with Gasteiger partial charge in [-0.25, -0.2) is 4.79 Å². The smallest absolute Gasteiger partial charge is 0.334 e. The van der Waals surface area contributed by atoms with Crippen LogP contribution in [0.4, 0.5) is 0 Å². The summed E-state index contributed by atoms with van der Waals surface area (Å²) in [6.07, 6.45) is 2.18. The number of hydrogen-bond acceptors (Lipinski definition) is 4. The number of nitrogens with zero attached hydrogens (tertiary/aromatic N) is 2. The van der Waals surface area contributed by atoms with E-state index in [-0.39, 0.29) is 5.91 Å². The van der Waals surface area contributed by atoms with Crippen molar-refractivity contribution < 1.29 is 14.3 Å². The lowest BCUT2D eigenvalue weighted by Crippen LogP contribution is -2.38. The Morgan fingerprint density at radius 1 is 1.28 bits per heavy atom. The monoisotopic (exact) mass is 254 g/mol. The Bertz CT molecular complexity index is 322. The van der Waals surface area contributed by atoms with Crippen molar-refractivity contribution in [2.24, 2.45) is 0 Å². The van der Waals surface area contributed by atoms with Crippen LogP contribution in [0.15, 0.2) is 12.2 Å². The summed E-state index contributed by atoms with van der Waals surface area (Å²) in [4.78, 5) is 26.9. The van der Waals surface area contributed by atoms with Gasteiger partial charge in [0, 0.05) is 25.2 Å². The van der Waals surface area contributed by atoms with Crippen molar-refractivity contribution in [3.05, 3.63) is 12.2 Å². The first-order valence-corrected chi connectivity index (χ1v) is 6.35. The fourth-order valence-corrected chi connectivity index (χ4v) is 1.98. The average Bonchev–Trinajstić information content (AvgIpc) is 2.82. The largest absolute Gasteiger partial charge is 0.463 e. The van der Waals surface area contributed by atoms with Gasteiger partial charge in [0.25, 0.3) is 0 Å². The molecule has 1 saturated heterocycles. The SMILES string of the molecule is C=C(CN(C)CC(=O)N1CCCC1)C(=O)OCC. The maximum atomic E-state index is 11.9. The predicted octanol–water partition coefficient (Wildman–Crippen LogP) is 0.660. The molecule has 1 amide bonds. The quantitative estimate of drug-likeness (QED) is 0.516. The van der Waals surface area contributed by atoms with Crippen LogP contribution in [-0.2, 0) is 14.3 Å². The molecule has 0 unspecified atom stereocenters. The van der Waals surface area contributed by atoms with Crippen molar-refractivity contribution in [1.29, 1.82) is 0 Å². The van der Waals surface area contributed by atoms with Crippen LogP contribution in [0.25, 0.3) is 0 Å². The second kappa shape index (κ2) is 7.16. The molecule has 1 rings (SSSR count). The maximum absolute atomic E-state index is 11.9. The molecule has 0 aromatic heterocycles. The maximum Gasteiger partial charge on any atom is 0.334 e. The molecule has 0 aromatic rings. The number of carbonyl (C=O) groups is 2. The molecule has 0 spiro atoms.